The van der Waals surface area contributed by atoms with Crippen LogP contribution in [0, 0.1) is 11.8 Å². The molecule has 1 fully saturated rings. The summed E-state index contributed by atoms with van der Waals surface area (Å²) in [6.45, 7) is 5.72. The second-order valence-electron chi connectivity index (χ2n) is 5.32. The smallest absolute Gasteiger partial charge is 0.223 e. The summed E-state index contributed by atoms with van der Waals surface area (Å²) in [6, 6.07) is 0. The SMILES string of the molecule is CC(C)CS(=O)(=O)CCNC(=O)C1CCNCC1. The van der Waals surface area contributed by atoms with Crippen LogP contribution in [0.1, 0.15) is 26.7 Å². The van der Waals surface area contributed by atoms with Crippen LogP contribution in [0.4, 0.5) is 0 Å². The summed E-state index contributed by atoms with van der Waals surface area (Å²) in [6.07, 6.45) is 1.68. The summed E-state index contributed by atoms with van der Waals surface area (Å²) in [5.41, 5.74) is 0. The molecule has 0 atom stereocenters. The molecule has 1 amide bonds. The van der Waals surface area contributed by atoms with Crippen LogP contribution in [-0.4, -0.2) is 45.5 Å². The van der Waals surface area contributed by atoms with Crippen molar-refractivity contribution in [1.29, 1.82) is 0 Å². The van der Waals surface area contributed by atoms with E-state index in [1.165, 1.54) is 0 Å². The Kier molecular flexibility index (Phi) is 6.08. The van der Waals surface area contributed by atoms with Crippen LogP contribution in [0.5, 0.6) is 0 Å². The summed E-state index contributed by atoms with van der Waals surface area (Å²) in [5, 5.41) is 5.93. The van der Waals surface area contributed by atoms with Gasteiger partial charge in [0.15, 0.2) is 9.84 Å². The first-order chi connectivity index (χ1) is 8.41. The molecule has 0 aromatic carbocycles. The fourth-order valence-electron chi connectivity index (χ4n) is 2.15. The van der Waals surface area contributed by atoms with Crippen LogP contribution in [0.15, 0.2) is 0 Å². The molecule has 0 aromatic rings. The van der Waals surface area contributed by atoms with E-state index in [-0.39, 0.29) is 35.8 Å². The van der Waals surface area contributed by atoms with Crippen molar-refractivity contribution in [3.05, 3.63) is 0 Å². The van der Waals surface area contributed by atoms with Gasteiger partial charge in [0.1, 0.15) is 0 Å². The molecule has 6 heteroatoms. The van der Waals surface area contributed by atoms with E-state index < -0.39 is 9.84 Å². The zero-order valence-corrected chi connectivity index (χ0v) is 12.1. The molecule has 0 saturated carbocycles. The number of piperidine rings is 1. The third-order valence-electron chi connectivity index (χ3n) is 3.01. The van der Waals surface area contributed by atoms with Gasteiger partial charge < -0.3 is 10.6 Å². The van der Waals surface area contributed by atoms with Crippen LogP contribution >= 0.6 is 0 Å². The number of hydrogen-bond donors (Lipinski definition) is 2. The quantitative estimate of drug-likeness (QED) is 0.725. The van der Waals surface area contributed by atoms with Crippen molar-refractivity contribution in [3.8, 4) is 0 Å². The minimum Gasteiger partial charge on any atom is -0.355 e. The van der Waals surface area contributed by atoms with E-state index in [9.17, 15) is 13.2 Å². The van der Waals surface area contributed by atoms with Crippen molar-refractivity contribution >= 4 is 15.7 Å². The Bertz CT molecular complexity index is 360. The van der Waals surface area contributed by atoms with E-state index in [1.54, 1.807) is 0 Å². The Labute approximate surface area is 110 Å². The summed E-state index contributed by atoms with van der Waals surface area (Å²) in [4.78, 5) is 11.8. The maximum absolute atomic E-state index is 11.8. The van der Waals surface area contributed by atoms with E-state index in [1.807, 2.05) is 13.8 Å². The third-order valence-corrected chi connectivity index (χ3v) is 5.01. The molecule has 1 aliphatic rings. The van der Waals surface area contributed by atoms with Gasteiger partial charge in [0, 0.05) is 12.5 Å². The van der Waals surface area contributed by atoms with Gasteiger partial charge in [-0.05, 0) is 31.8 Å². The van der Waals surface area contributed by atoms with Crippen molar-refractivity contribution in [2.24, 2.45) is 11.8 Å². The topological polar surface area (TPSA) is 75.3 Å². The molecule has 1 saturated heterocycles. The van der Waals surface area contributed by atoms with E-state index in [4.69, 9.17) is 0 Å². The van der Waals surface area contributed by atoms with E-state index >= 15 is 0 Å². The third kappa shape index (κ3) is 5.82. The molecule has 0 bridgehead atoms. The highest BCUT2D eigenvalue weighted by Crippen LogP contribution is 2.11. The zero-order chi connectivity index (χ0) is 13.6. The maximum Gasteiger partial charge on any atom is 0.223 e. The van der Waals surface area contributed by atoms with Gasteiger partial charge in [0.25, 0.3) is 0 Å². The molecular formula is C12H24N2O3S. The van der Waals surface area contributed by atoms with Gasteiger partial charge in [-0.2, -0.15) is 0 Å². The van der Waals surface area contributed by atoms with Crippen LogP contribution < -0.4 is 10.6 Å². The molecule has 106 valence electrons. The van der Waals surface area contributed by atoms with Gasteiger partial charge in [0.2, 0.25) is 5.91 Å². The minimum absolute atomic E-state index is 0.00348. The number of nitrogens with one attached hydrogen (secondary N) is 2. The number of carbonyl (C=O) groups is 1. The van der Waals surface area contributed by atoms with Gasteiger partial charge in [-0.1, -0.05) is 13.8 Å². The van der Waals surface area contributed by atoms with Crippen LogP contribution in [-0.2, 0) is 14.6 Å². The van der Waals surface area contributed by atoms with Gasteiger partial charge in [-0.25, -0.2) is 8.42 Å². The largest absolute Gasteiger partial charge is 0.355 e. The van der Waals surface area contributed by atoms with E-state index in [0.29, 0.717) is 0 Å². The molecule has 0 radical (unpaired) electrons. The summed E-state index contributed by atoms with van der Waals surface area (Å²) in [7, 11) is -3.03. The summed E-state index contributed by atoms with van der Waals surface area (Å²) >= 11 is 0. The second-order valence-corrected chi connectivity index (χ2v) is 7.55. The van der Waals surface area contributed by atoms with Crippen molar-refractivity contribution < 1.29 is 13.2 Å². The molecule has 5 nitrogen and oxygen atoms in total. The first-order valence-electron chi connectivity index (χ1n) is 6.59. The fraction of sp³-hybridized carbons (Fsp3) is 0.917. The number of rotatable bonds is 6. The average molecular weight is 276 g/mol. The molecular weight excluding hydrogens is 252 g/mol. The summed E-state index contributed by atoms with van der Waals surface area (Å²) < 4.78 is 23.3. The van der Waals surface area contributed by atoms with Crippen LogP contribution in [0.3, 0.4) is 0 Å². The number of hydrogen-bond acceptors (Lipinski definition) is 4. The monoisotopic (exact) mass is 276 g/mol. The minimum atomic E-state index is -3.03. The molecule has 2 N–H and O–H groups in total. The Morgan fingerprint density at radius 3 is 2.50 bits per heavy atom. The first-order valence-corrected chi connectivity index (χ1v) is 8.41. The Balaban J connectivity index is 2.26. The molecule has 1 aliphatic heterocycles. The predicted octanol–water partition coefficient (Wildman–Crippen LogP) is 0.173. The maximum atomic E-state index is 11.8. The van der Waals surface area contributed by atoms with E-state index in [0.717, 1.165) is 25.9 Å². The first kappa shape index (κ1) is 15.4. The lowest BCUT2D eigenvalue weighted by molar-refractivity contribution is -0.125. The van der Waals surface area contributed by atoms with Crippen LogP contribution in [0.25, 0.3) is 0 Å². The van der Waals surface area contributed by atoms with Gasteiger partial charge in [-0.3, -0.25) is 4.79 Å². The summed E-state index contributed by atoms with van der Waals surface area (Å²) in [5.74, 6) is 0.406. The fourth-order valence-corrected chi connectivity index (χ4v) is 3.74. The second kappa shape index (κ2) is 7.09. The number of carbonyl (C=O) groups excluding carboxylic acids is 1. The molecule has 0 aliphatic carbocycles. The Hall–Kier alpha value is -0.620. The number of sulfone groups is 1. The van der Waals surface area contributed by atoms with Crippen molar-refractivity contribution in [3.63, 3.8) is 0 Å². The van der Waals surface area contributed by atoms with Crippen LogP contribution in [0.2, 0.25) is 0 Å². The Morgan fingerprint density at radius 1 is 1.33 bits per heavy atom. The van der Waals surface area contributed by atoms with E-state index in [2.05, 4.69) is 10.6 Å². The Morgan fingerprint density at radius 2 is 1.94 bits per heavy atom. The number of amides is 1. The predicted molar refractivity (Wildman–Crippen MR) is 72.1 cm³/mol. The van der Waals surface area contributed by atoms with Gasteiger partial charge >= 0.3 is 0 Å². The molecule has 0 unspecified atom stereocenters. The standard InChI is InChI=1S/C12H24N2O3S/c1-10(2)9-18(16,17)8-7-14-12(15)11-3-5-13-6-4-11/h10-11,13H,3-9H2,1-2H3,(H,14,15). The molecule has 1 heterocycles. The van der Waals surface area contributed by atoms with Crippen molar-refractivity contribution in [2.45, 2.75) is 26.7 Å². The van der Waals surface area contributed by atoms with Gasteiger partial charge in [0.05, 0.1) is 11.5 Å². The average Bonchev–Trinajstić information content (AvgIpc) is 2.28. The zero-order valence-electron chi connectivity index (χ0n) is 11.2. The molecule has 18 heavy (non-hydrogen) atoms. The lowest BCUT2D eigenvalue weighted by atomic mass is 9.97. The van der Waals surface area contributed by atoms with Gasteiger partial charge in [-0.15, -0.1) is 0 Å². The normalized spacial score (nSPS) is 17.9. The lowest BCUT2D eigenvalue weighted by Gasteiger charge is -2.21. The molecule has 0 spiro atoms. The van der Waals surface area contributed by atoms with Crippen molar-refractivity contribution in [2.75, 3.05) is 31.1 Å². The molecule has 0 aromatic heterocycles. The highest BCUT2D eigenvalue weighted by molar-refractivity contribution is 7.91. The highest BCUT2D eigenvalue weighted by Gasteiger charge is 2.21. The highest BCUT2D eigenvalue weighted by atomic mass is 32.2. The molecule has 1 rings (SSSR count). The van der Waals surface area contributed by atoms with Crippen molar-refractivity contribution in [1.82, 2.24) is 10.6 Å². The lowest BCUT2D eigenvalue weighted by Crippen LogP contribution is -2.39.